The summed E-state index contributed by atoms with van der Waals surface area (Å²) in [6.07, 6.45) is 7.46. The number of ether oxygens (including phenoxy) is 1. The summed E-state index contributed by atoms with van der Waals surface area (Å²) in [6, 6.07) is 7.97. The summed E-state index contributed by atoms with van der Waals surface area (Å²) >= 11 is 0. The number of hydrogen-bond donors (Lipinski definition) is 1. The van der Waals surface area contributed by atoms with Gasteiger partial charge >= 0.3 is 0 Å². The molecule has 0 aliphatic carbocycles. The standard InChI is InChI=1S/C13H17N3O/c14-7-1-2-10-17-13-5-3-12(4-6-13)16-9-8-15-11-16/h3-6,8-9,11H,1-2,7,10,14H2. The van der Waals surface area contributed by atoms with Crippen LogP contribution in [-0.2, 0) is 0 Å². The molecule has 0 atom stereocenters. The SMILES string of the molecule is NCCCCOc1ccc(-n2ccnc2)cc1. The molecule has 1 aromatic heterocycles. The third-order valence-electron chi connectivity index (χ3n) is 2.51. The molecule has 0 fully saturated rings. The Kier molecular flexibility index (Phi) is 4.16. The molecule has 0 unspecified atom stereocenters. The van der Waals surface area contributed by atoms with E-state index in [1.807, 2.05) is 35.0 Å². The zero-order valence-corrected chi connectivity index (χ0v) is 9.75. The van der Waals surface area contributed by atoms with E-state index in [0.717, 1.165) is 37.4 Å². The van der Waals surface area contributed by atoms with Crippen LogP contribution in [-0.4, -0.2) is 22.7 Å². The van der Waals surface area contributed by atoms with E-state index < -0.39 is 0 Å². The average molecular weight is 231 g/mol. The largest absolute Gasteiger partial charge is 0.494 e. The molecule has 2 aromatic rings. The van der Waals surface area contributed by atoms with Crippen LogP contribution in [0.3, 0.4) is 0 Å². The molecule has 17 heavy (non-hydrogen) atoms. The van der Waals surface area contributed by atoms with Crippen molar-refractivity contribution in [3.8, 4) is 11.4 Å². The molecule has 0 aliphatic heterocycles. The zero-order chi connectivity index (χ0) is 11.9. The van der Waals surface area contributed by atoms with Gasteiger partial charge in [-0.2, -0.15) is 0 Å². The molecule has 90 valence electrons. The van der Waals surface area contributed by atoms with Gasteiger partial charge in [0.05, 0.1) is 12.9 Å². The van der Waals surface area contributed by atoms with Crippen LogP contribution in [0.25, 0.3) is 5.69 Å². The van der Waals surface area contributed by atoms with Gasteiger partial charge in [0.1, 0.15) is 5.75 Å². The minimum absolute atomic E-state index is 0.724. The summed E-state index contributed by atoms with van der Waals surface area (Å²) in [5.41, 5.74) is 6.50. The van der Waals surface area contributed by atoms with Crippen LogP contribution in [0, 0.1) is 0 Å². The number of imidazole rings is 1. The first-order valence-electron chi connectivity index (χ1n) is 5.81. The monoisotopic (exact) mass is 231 g/mol. The van der Waals surface area contributed by atoms with Crippen molar-refractivity contribution in [1.82, 2.24) is 9.55 Å². The smallest absolute Gasteiger partial charge is 0.119 e. The van der Waals surface area contributed by atoms with Crippen molar-refractivity contribution in [2.75, 3.05) is 13.2 Å². The first kappa shape index (κ1) is 11.7. The Morgan fingerprint density at radius 1 is 1.18 bits per heavy atom. The minimum atomic E-state index is 0.724. The fourth-order valence-electron chi connectivity index (χ4n) is 1.56. The number of nitrogens with two attached hydrogens (primary N) is 1. The molecule has 0 bridgehead atoms. The van der Waals surface area contributed by atoms with Crippen LogP contribution in [0.5, 0.6) is 5.75 Å². The summed E-state index contributed by atoms with van der Waals surface area (Å²) in [4.78, 5) is 4.01. The van der Waals surface area contributed by atoms with Crippen molar-refractivity contribution in [2.24, 2.45) is 5.73 Å². The predicted molar refractivity (Wildman–Crippen MR) is 67.3 cm³/mol. The van der Waals surface area contributed by atoms with Crippen molar-refractivity contribution in [1.29, 1.82) is 0 Å². The van der Waals surface area contributed by atoms with E-state index in [1.54, 1.807) is 12.5 Å². The quantitative estimate of drug-likeness (QED) is 0.773. The number of nitrogens with zero attached hydrogens (tertiary/aromatic N) is 2. The third kappa shape index (κ3) is 3.32. The summed E-state index contributed by atoms with van der Waals surface area (Å²) in [6.45, 7) is 1.45. The van der Waals surface area contributed by atoms with E-state index in [1.165, 1.54) is 0 Å². The van der Waals surface area contributed by atoms with Crippen molar-refractivity contribution >= 4 is 0 Å². The zero-order valence-electron chi connectivity index (χ0n) is 9.75. The Balaban J connectivity index is 1.90. The fourth-order valence-corrected chi connectivity index (χ4v) is 1.56. The molecule has 4 nitrogen and oxygen atoms in total. The normalized spacial score (nSPS) is 10.4. The van der Waals surface area contributed by atoms with Gasteiger partial charge in [-0.25, -0.2) is 4.98 Å². The Hall–Kier alpha value is -1.81. The molecule has 2 rings (SSSR count). The Morgan fingerprint density at radius 3 is 2.65 bits per heavy atom. The van der Waals surface area contributed by atoms with E-state index >= 15 is 0 Å². The lowest BCUT2D eigenvalue weighted by atomic mass is 10.3. The highest BCUT2D eigenvalue weighted by atomic mass is 16.5. The lowest BCUT2D eigenvalue weighted by Gasteiger charge is -2.07. The van der Waals surface area contributed by atoms with Crippen molar-refractivity contribution in [2.45, 2.75) is 12.8 Å². The van der Waals surface area contributed by atoms with Crippen molar-refractivity contribution in [3.05, 3.63) is 43.0 Å². The third-order valence-corrected chi connectivity index (χ3v) is 2.51. The summed E-state index contributed by atoms with van der Waals surface area (Å²) in [5.74, 6) is 0.894. The van der Waals surface area contributed by atoms with Crippen LogP contribution in [0.15, 0.2) is 43.0 Å². The van der Waals surface area contributed by atoms with Gasteiger partial charge in [0.25, 0.3) is 0 Å². The molecule has 2 N–H and O–H groups in total. The Labute approximate surface area is 101 Å². The van der Waals surface area contributed by atoms with Gasteiger partial charge in [0, 0.05) is 18.1 Å². The maximum absolute atomic E-state index is 5.60. The van der Waals surface area contributed by atoms with Gasteiger partial charge in [0.2, 0.25) is 0 Å². The molecule has 0 amide bonds. The van der Waals surface area contributed by atoms with Gasteiger partial charge in [-0.3, -0.25) is 0 Å². The molecule has 0 saturated carbocycles. The minimum Gasteiger partial charge on any atom is -0.494 e. The first-order chi connectivity index (χ1) is 8.40. The van der Waals surface area contributed by atoms with Crippen LogP contribution < -0.4 is 10.5 Å². The van der Waals surface area contributed by atoms with Crippen molar-refractivity contribution in [3.63, 3.8) is 0 Å². The average Bonchev–Trinajstić information content (AvgIpc) is 2.89. The molecular formula is C13H17N3O. The molecule has 0 saturated heterocycles. The van der Waals surface area contributed by atoms with Gasteiger partial charge < -0.3 is 15.0 Å². The second kappa shape index (κ2) is 6.06. The molecule has 1 aromatic carbocycles. The molecule has 0 aliphatic rings. The first-order valence-corrected chi connectivity index (χ1v) is 5.81. The summed E-state index contributed by atoms with van der Waals surface area (Å²) in [5, 5.41) is 0. The predicted octanol–water partition coefficient (Wildman–Crippen LogP) is 1.99. The van der Waals surface area contributed by atoms with Gasteiger partial charge in [0.15, 0.2) is 0 Å². The summed E-state index contributed by atoms with van der Waals surface area (Å²) in [7, 11) is 0. The highest BCUT2D eigenvalue weighted by Crippen LogP contribution is 2.15. The molecule has 0 spiro atoms. The van der Waals surface area contributed by atoms with Gasteiger partial charge in [-0.05, 0) is 43.7 Å². The lowest BCUT2D eigenvalue weighted by Crippen LogP contribution is -2.03. The van der Waals surface area contributed by atoms with Gasteiger partial charge in [-0.1, -0.05) is 0 Å². The van der Waals surface area contributed by atoms with E-state index in [-0.39, 0.29) is 0 Å². The summed E-state index contributed by atoms with van der Waals surface area (Å²) < 4.78 is 7.56. The second-order valence-corrected chi connectivity index (χ2v) is 3.81. The maximum Gasteiger partial charge on any atom is 0.119 e. The maximum atomic E-state index is 5.60. The molecule has 1 heterocycles. The van der Waals surface area contributed by atoms with Gasteiger partial charge in [-0.15, -0.1) is 0 Å². The lowest BCUT2D eigenvalue weighted by molar-refractivity contribution is 0.308. The van der Waals surface area contributed by atoms with Crippen LogP contribution in [0.2, 0.25) is 0 Å². The molecule has 4 heteroatoms. The number of aromatic nitrogens is 2. The number of rotatable bonds is 6. The van der Waals surface area contributed by atoms with E-state index in [2.05, 4.69) is 4.98 Å². The number of benzene rings is 1. The fraction of sp³-hybridized carbons (Fsp3) is 0.308. The van der Waals surface area contributed by atoms with Crippen LogP contribution in [0.4, 0.5) is 0 Å². The number of hydrogen-bond acceptors (Lipinski definition) is 3. The molecular weight excluding hydrogens is 214 g/mol. The highest BCUT2D eigenvalue weighted by molar-refractivity contribution is 5.37. The van der Waals surface area contributed by atoms with Crippen molar-refractivity contribution < 1.29 is 4.74 Å². The molecule has 0 radical (unpaired) electrons. The Morgan fingerprint density at radius 2 is 2.00 bits per heavy atom. The highest BCUT2D eigenvalue weighted by Gasteiger charge is 1.97. The number of unbranched alkanes of at least 4 members (excludes halogenated alkanes) is 1. The topological polar surface area (TPSA) is 53.1 Å². The van der Waals surface area contributed by atoms with Crippen LogP contribution in [0.1, 0.15) is 12.8 Å². The second-order valence-electron chi connectivity index (χ2n) is 3.81. The van der Waals surface area contributed by atoms with E-state index in [9.17, 15) is 0 Å². The Bertz CT molecular complexity index is 422. The van der Waals surface area contributed by atoms with E-state index in [4.69, 9.17) is 10.5 Å². The van der Waals surface area contributed by atoms with Crippen LogP contribution >= 0.6 is 0 Å². The van der Waals surface area contributed by atoms with E-state index in [0.29, 0.717) is 0 Å².